The molecule has 11 heteroatoms. The van der Waals surface area contributed by atoms with Crippen LogP contribution in [0.1, 0.15) is 6.92 Å². The van der Waals surface area contributed by atoms with Crippen molar-refractivity contribution in [3.05, 3.63) is 24.3 Å². The van der Waals surface area contributed by atoms with Crippen molar-refractivity contribution in [1.82, 2.24) is 15.0 Å². The number of halogens is 2. The first-order valence-electron chi connectivity index (χ1n) is 6.63. The summed E-state index contributed by atoms with van der Waals surface area (Å²) in [6.45, 7) is 1.66. The molecule has 0 spiro atoms. The van der Waals surface area contributed by atoms with Gasteiger partial charge in [-0.2, -0.15) is 23.7 Å². The summed E-state index contributed by atoms with van der Waals surface area (Å²) < 4.78 is 24.5. The molecule has 1 aromatic carbocycles. The molecule has 7 nitrogen and oxygen atoms in total. The lowest BCUT2D eigenvalue weighted by molar-refractivity contribution is -0.115. The van der Waals surface area contributed by atoms with E-state index in [0.29, 0.717) is 22.3 Å². The van der Waals surface area contributed by atoms with Gasteiger partial charge in [-0.05, 0) is 31.2 Å². The zero-order valence-corrected chi connectivity index (χ0v) is 14.1. The van der Waals surface area contributed by atoms with Crippen molar-refractivity contribution in [2.24, 2.45) is 0 Å². The largest absolute Gasteiger partial charge is 0.368 e. The number of nitrogen functional groups attached to an aromatic ring is 2. The first kappa shape index (κ1) is 18.2. The molecule has 2 rings (SSSR count). The van der Waals surface area contributed by atoms with Gasteiger partial charge in [-0.15, -0.1) is 0 Å². The Morgan fingerprint density at radius 3 is 2.21 bits per heavy atom. The Bertz CT molecular complexity index is 696. The highest BCUT2D eigenvalue weighted by atomic mass is 32.2. The number of rotatable bonds is 6. The van der Waals surface area contributed by atoms with Crippen molar-refractivity contribution >= 4 is 47.0 Å². The predicted molar refractivity (Wildman–Crippen MR) is 90.9 cm³/mol. The van der Waals surface area contributed by atoms with Gasteiger partial charge >= 0.3 is 0 Å². The van der Waals surface area contributed by atoms with Crippen LogP contribution in [-0.2, 0) is 4.79 Å². The van der Waals surface area contributed by atoms with Crippen molar-refractivity contribution < 1.29 is 13.6 Å². The molecular weight excluding hydrogens is 358 g/mol. The van der Waals surface area contributed by atoms with Gasteiger partial charge in [0.2, 0.25) is 17.8 Å². The molecule has 0 aliphatic carbocycles. The monoisotopic (exact) mass is 372 g/mol. The van der Waals surface area contributed by atoms with E-state index in [2.05, 4.69) is 20.3 Å². The lowest BCUT2D eigenvalue weighted by Gasteiger charge is -2.11. The molecule has 1 aromatic heterocycles. The molecule has 0 saturated carbocycles. The molecule has 0 unspecified atom stereocenters. The van der Waals surface area contributed by atoms with Crippen molar-refractivity contribution in [2.75, 3.05) is 16.8 Å². The van der Waals surface area contributed by atoms with E-state index in [-0.39, 0.29) is 23.0 Å². The van der Waals surface area contributed by atoms with Crippen molar-refractivity contribution in [2.45, 2.75) is 28.0 Å². The van der Waals surface area contributed by atoms with Crippen LogP contribution < -0.4 is 16.8 Å². The first-order chi connectivity index (χ1) is 11.3. The Morgan fingerprint density at radius 1 is 1.08 bits per heavy atom. The van der Waals surface area contributed by atoms with Crippen LogP contribution in [0.4, 0.5) is 26.4 Å². The van der Waals surface area contributed by atoms with Gasteiger partial charge in [-0.1, -0.05) is 23.5 Å². The van der Waals surface area contributed by atoms with Crippen molar-refractivity contribution in [3.8, 4) is 0 Å². The summed E-state index contributed by atoms with van der Waals surface area (Å²) in [4.78, 5) is 24.0. The zero-order valence-electron chi connectivity index (χ0n) is 12.4. The van der Waals surface area contributed by atoms with E-state index in [9.17, 15) is 13.6 Å². The Kier molecular flexibility index (Phi) is 6.15. The predicted octanol–water partition coefficient (Wildman–Crippen LogP) is 2.47. The van der Waals surface area contributed by atoms with Crippen LogP contribution in [0.15, 0.2) is 34.3 Å². The molecular formula is C13H14F2N6OS2. The summed E-state index contributed by atoms with van der Waals surface area (Å²) in [7, 11) is 0. The molecule has 1 amide bonds. The molecule has 2 aromatic rings. The number of nitrogens with one attached hydrogen (secondary N) is 1. The SMILES string of the molecule is C[C@@H](Sc1nc(N)nc(N)n1)C(=O)Nc1ccc(SC(F)F)cc1. The van der Waals surface area contributed by atoms with Gasteiger partial charge in [-0.25, -0.2) is 0 Å². The van der Waals surface area contributed by atoms with E-state index < -0.39 is 11.0 Å². The molecule has 0 aliphatic heterocycles. The quantitative estimate of drug-likeness (QED) is 0.662. The number of nitrogens with two attached hydrogens (primary N) is 2. The fourth-order valence-corrected chi connectivity index (χ4v) is 2.89. The van der Waals surface area contributed by atoms with E-state index in [1.54, 1.807) is 19.1 Å². The maximum Gasteiger partial charge on any atom is 0.288 e. The zero-order chi connectivity index (χ0) is 17.7. The van der Waals surface area contributed by atoms with Gasteiger partial charge in [0, 0.05) is 10.6 Å². The Balaban J connectivity index is 1.95. The highest BCUT2D eigenvalue weighted by Crippen LogP contribution is 2.27. The minimum atomic E-state index is -2.48. The molecule has 0 saturated heterocycles. The van der Waals surface area contributed by atoms with E-state index in [1.807, 2.05) is 0 Å². The fourth-order valence-electron chi connectivity index (χ4n) is 1.62. The molecule has 1 atom stereocenters. The number of alkyl halides is 2. The second kappa shape index (κ2) is 8.11. The van der Waals surface area contributed by atoms with Gasteiger partial charge in [0.25, 0.3) is 5.76 Å². The summed E-state index contributed by atoms with van der Waals surface area (Å²) >= 11 is 1.51. The fraction of sp³-hybridized carbons (Fsp3) is 0.231. The number of amides is 1. The number of hydrogen-bond donors (Lipinski definition) is 3. The molecule has 128 valence electrons. The van der Waals surface area contributed by atoms with Crippen LogP contribution in [0.2, 0.25) is 0 Å². The van der Waals surface area contributed by atoms with Gasteiger partial charge in [0.1, 0.15) is 0 Å². The van der Waals surface area contributed by atoms with Crippen LogP contribution in [0, 0.1) is 0 Å². The van der Waals surface area contributed by atoms with E-state index >= 15 is 0 Å². The normalized spacial score (nSPS) is 12.2. The first-order valence-corrected chi connectivity index (χ1v) is 8.39. The Morgan fingerprint density at radius 2 is 1.67 bits per heavy atom. The van der Waals surface area contributed by atoms with Crippen LogP contribution in [0.5, 0.6) is 0 Å². The molecule has 5 N–H and O–H groups in total. The minimum absolute atomic E-state index is 0.0234. The third-order valence-electron chi connectivity index (χ3n) is 2.65. The van der Waals surface area contributed by atoms with Crippen molar-refractivity contribution in [1.29, 1.82) is 0 Å². The summed E-state index contributed by atoms with van der Waals surface area (Å²) in [5.41, 5.74) is 11.4. The summed E-state index contributed by atoms with van der Waals surface area (Å²) in [6, 6.07) is 6.13. The van der Waals surface area contributed by atoms with Gasteiger partial charge in [0.15, 0.2) is 5.16 Å². The average Bonchev–Trinajstić information content (AvgIpc) is 2.47. The third kappa shape index (κ3) is 5.49. The molecule has 0 radical (unpaired) electrons. The highest BCUT2D eigenvalue weighted by Gasteiger charge is 2.17. The van der Waals surface area contributed by atoms with E-state index in [0.717, 1.165) is 11.8 Å². The minimum Gasteiger partial charge on any atom is -0.368 e. The van der Waals surface area contributed by atoms with Crippen LogP contribution in [-0.4, -0.2) is 31.9 Å². The van der Waals surface area contributed by atoms with Crippen LogP contribution in [0.25, 0.3) is 0 Å². The van der Waals surface area contributed by atoms with Crippen LogP contribution in [0.3, 0.4) is 0 Å². The molecule has 0 fully saturated rings. The topological polar surface area (TPSA) is 120 Å². The molecule has 0 bridgehead atoms. The molecule has 24 heavy (non-hydrogen) atoms. The Labute approximate surface area is 145 Å². The van der Waals surface area contributed by atoms with Crippen molar-refractivity contribution in [3.63, 3.8) is 0 Å². The molecule has 1 heterocycles. The van der Waals surface area contributed by atoms with Gasteiger partial charge in [-0.3, -0.25) is 4.79 Å². The van der Waals surface area contributed by atoms with Crippen LogP contribution >= 0.6 is 23.5 Å². The summed E-state index contributed by atoms with van der Waals surface area (Å²) in [5, 5.41) is 2.40. The average molecular weight is 372 g/mol. The second-order valence-electron chi connectivity index (χ2n) is 4.49. The smallest absolute Gasteiger partial charge is 0.288 e. The number of aromatic nitrogens is 3. The van der Waals surface area contributed by atoms with Gasteiger partial charge in [0.05, 0.1) is 5.25 Å². The standard InChI is InChI=1S/C13H14F2N6OS2/c1-6(23-13-20-11(16)19-12(17)21-13)9(22)18-7-2-4-8(5-3-7)24-10(14)15/h2-6,10H,1H3,(H,18,22)(H4,16,17,19,20,21)/t6-/m1/s1. The second-order valence-corrected chi connectivity index (χ2v) is 6.86. The van der Waals surface area contributed by atoms with E-state index in [4.69, 9.17) is 11.5 Å². The lowest BCUT2D eigenvalue weighted by Crippen LogP contribution is -2.22. The third-order valence-corrected chi connectivity index (χ3v) is 4.33. The lowest BCUT2D eigenvalue weighted by atomic mass is 10.3. The number of anilines is 3. The maximum absolute atomic E-state index is 12.3. The number of thioether (sulfide) groups is 2. The number of carbonyl (C=O) groups is 1. The summed E-state index contributed by atoms with van der Waals surface area (Å²) in [5.74, 6) is -2.83. The number of hydrogen-bond acceptors (Lipinski definition) is 8. The van der Waals surface area contributed by atoms with Gasteiger partial charge < -0.3 is 16.8 Å². The number of nitrogens with zero attached hydrogens (tertiary/aromatic N) is 3. The number of carbonyl (C=O) groups excluding carboxylic acids is 1. The maximum atomic E-state index is 12.3. The highest BCUT2D eigenvalue weighted by molar-refractivity contribution is 8.00. The van der Waals surface area contributed by atoms with E-state index in [1.165, 1.54) is 12.1 Å². The molecule has 0 aliphatic rings. The number of benzene rings is 1. The summed E-state index contributed by atoms with van der Waals surface area (Å²) in [6.07, 6.45) is 0. The Hall–Kier alpha value is -2.14.